The number of aromatic nitrogens is 4. The third kappa shape index (κ3) is 4.06. The second-order valence-corrected chi connectivity index (χ2v) is 8.52. The average molecular weight is 392 g/mol. The Labute approximate surface area is 154 Å². The maximum atomic E-state index is 12.6. The smallest absolute Gasteiger partial charge is 0.271 e. The highest BCUT2D eigenvalue weighted by molar-refractivity contribution is 7.94. The molecule has 3 aromatic rings. The first-order chi connectivity index (χ1) is 12.3. The van der Waals surface area contributed by atoms with E-state index < -0.39 is 10.0 Å². The van der Waals surface area contributed by atoms with E-state index in [9.17, 15) is 13.2 Å². The molecule has 0 bridgehead atoms. The number of aryl methyl sites for hydroxylation is 1. The Morgan fingerprint density at radius 2 is 2.08 bits per heavy atom. The molecule has 2 N–H and O–H groups in total. The zero-order chi connectivity index (χ0) is 18.7. The summed E-state index contributed by atoms with van der Waals surface area (Å²) in [6, 6.07) is 10.0. The van der Waals surface area contributed by atoms with Crippen molar-refractivity contribution in [1.29, 1.82) is 0 Å². The van der Waals surface area contributed by atoms with Gasteiger partial charge in [0.2, 0.25) is 5.91 Å². The summed E-state index contributed by atoms with van der Waals surface area (Å²) in [6.07, 6.45) is 0. The number of thiophene rings is 1. The van der Waals surface area contributed by atoms with E-state index in [1.807, 2.05) is 0 Å². The second-order valence-electron chi connectivity index (χ2n) is 5.44. The van der Waals surface area contributed by atoms with Gasteiger partial charge in [0.25, 0.3) is 10.0 Å². The molecule has 0 saturated heterocycles. The fourth-order valence-electron chi connectivity index (χ4n) is 2.21. The van der Waals surface area contributed by atoms with Crippen molar-refractivity contribution in [2.45, 2.75) is 17.7 Å². The Morgan fingerprint density at radius 1 is 1.27 bits per heavy atom. The maximum Gasteiger partial charge on any atom is 0.271 e. The van der Waals surface area contributed by atoms with Crippen LogP contribution in [0.15, 0.2) is 40.6 Å². The van der Waals surface area contributed by atoms with Crippen LogP contribution >= 0.6 is 11.3 Å². The largest absolute Gasteiger partial charge is 0.351 e. The summed E-state index contributed by atoms with van der Waals surface area (Å²) in [5, 5.41) is 13.9. The number of hydrogen-bond acceptors (Lipinski definition) is 7. The minimum atomic E-state index is -3.73. The summed E-state index contributed by atoms with van der Waals surface area (Å²) >= 11 is 1.10. The first-order valence-electron chi connectivity index (χ1n) is 7.54. The van der Waals surface area contributed by atoms with Crippen molar-refractivity contribution < 1.29 is 13.2 Å². The molecular formula is C15H16N6O3S2. The number of anilines is 1. The van der Waals surface area contributed by atoms with Gasteiger partial charge in [0.1, 0.15) is 4.21 Å². The minimum absolute atomic E-state index is 0.170. The summed E-state index contributed by atoms with van der Waals surface area (Å²) in [4.78, 5) is 11.7. The Balaban J connectivity index is 1.80. The molecule has 0 spiro atoms. The van der Waals surface area contributed by atoms with Crippen LogP contribution in [0.5, 0.6) is 0 Å². The topological polar surface area (TPSA) is 119 Å². The zero-order valence-electron chi connectivity index (χ0n) is 14.0. The molecule has 1 amide bonds. The van der Waals surface area contributed by atoms with Gasteiger partial charge >= 0.3 is 0 Å². The summed E-state index contributed by atoms with van der Waals surface area (Å²) < 4.78 is 29.4. The number of carbonyl (C=O) groups is 1. The standard InChI is InChI=1S/C15H16N6O3S2/c1-10(22)16-9-13-6-7-14(25-13)26(23,24)18-12-5-3-4-11(8-12)15-17-19-20-21(15)2/h3-8,18H,9H2,1-2H3,(H,16,22). The molecule has 9 nitrogen and oxygen atoms in total. The molecule has 1 aromatic carbocycles. The number of benzene rings is 1. The van der Waals surface area contributed by atoms with E-state index in [-0.39, 0.29) is 10.1 Å². The van der Waals surface area contributed by atoms with Crippen molar-refractivity contribution in [3.05, 3.63) is 41.3 Å². The molecule has 136 valence electrons. The van der Waals surface area contributed by atoms with Gasteiger partial charge in [0, 0.05) is 30.1 Å². The lowest BCUT2D eigenvalue weighted by molar-refractivity contribution is -0.119. The van der Waals surface area contributed by atoms with E-state index in [0.29, 0.717) is 23.6 Å². The second kappa shape index (κ2) is 7.22. The molecule has 26 heavy (non-hydrogen) atoms. The minimum Gasteiger partial charge on any atom is -0.351 e. The molecule has 0 saturated carbocycles. The number of tetrazole rings is 1. The Kier molecular flexibility index (Phi) is 5.00. The molecule has 0 radical (unpaired) electrons. The predicted molar refractivity (Wildman–Crippen MR) is 96.9 cm³/mol. The van der Waals surface area contributed by atoms with Crippen LogP contribution < -0.4 is 10.0 Å². The van der Waals surface area contributed by atoms with Crippen molar-refractivity contribution in [1.82, 2.24) is 25.5 Å². The number of nitrogens with zero attached hydrogens (tertiary/aromatic N) is 4. The van der Waals surface area contributed by atoms with Gasteiger partial charge in [-0.2, -0.15) is 0 Å². The van der Waals surface area contributed by atoms with Crippen molar-refractivity contribution in [3.63, 3.8) is 0 Å². The predicted octanol–water partition coefficient (Wildman–Crippen LogP) is 1.38. The highest BCUT2D eigenvalue weighted by atomic mass is 32.2. The molecule has 3 rings (SSSR count). The van der Waals surface area contributed by atoms with Crippen molar-refractivity contribution in [2.75, 3.05) is 4.72 Å². The van der Waals surface area contributed by atoms with Crippen molar-refractivity contribution in [2.24, 2.45) is 7.05 Å². The number of carbonyl (C=O) groups excluding carboxylic acids is 1. The summed E-state index contributed by atoms with van der Waals surface area (Å²) in [5.74, 6) is 0.357. The lowest BCUT2D eigenvalue weighted by Crippen LogP contribution is -2.18. The van der Waals surface area contributed by atoms with Crippen LogP contribution in [0.2, 0.25) is 0 Å². The van der Waals surface area contributed by atoms with Gasteiger partial charge in [0.05, 0.1) is 6.54 Å². The van der Waals surface area contributed by atoms with Gasteiger partial charge in [-0.1, -0.05) is 12.1 Å². The SMILES string of the molecule is CC(=O)NCc1ccc(S(=O)(=O)Nc2cccc(-c3nnnn3C)c2)s1. The van der Waals surface area contributed by atoms with Gasteiger partial charge in [-0.15, -0.1) is 16.4 Å². The summed E-state index contributed by atoms with van der Waals surface area (Å²) in [6.45, 7) is 1.70. The van der Waals surface area contributed by atoms with E-state index in [0.717, 1.165) is 16.2 Å². The van der Waals surface area contributed by atoms with Gasteiger partial charge in [-0.05, 0) is 34.7 Å². The lowest BCUT2D eigenvalue weighted by Gasteiger charge is -2.07. The molecule has 0 atom stereocenters. The van der Waals surface area contributed by atoms with E-state index in [4.69, 9.17) is 0 Å². The summed E-state index contributed by atoms with van der Waals surface area (Å²) in [7, 11) is -2.03. The Hall–Kier alpha value is -2.79. The number of hydrogen-bond donors (Lipinski definition) is 2. The fraction of sp³-hybridized carbons (Fsp3) is 0.200. The van der Waals surface area contributed by atoms with Gasteiger partial charge < -0.3 is 5.32 Å². The van der Waals surface area contributed by atoms with Crippen molar-refractivity contribution >= 4 is 33.0 Å². The van der Waals surface area contributed by atoms with Crippen LogP contribution in [0, 0.1) is 0 Å². The third-order valence-corrected chi connectivity index (χ3v) is 6.36. The molecule has 0 unspecified atom stereocenters. The number of rotatable bonds is 6. The van der Waals surface area contributed by atoms with E-state index in [1.54, 1.807) is 37.4 Å². The molecule has 0 aliphatic carbocycles. The van der Waals surface area contributed by atoms with E-state index >= 15 is 0 Å². The van der Waals surface area contributed by atoms with Crippen LogP contribution in [0.3, 0.4) is 0 Å². The van der Waals surface area contributed by atoms with Crippen LogP contribution in [0.1, 0.15) is 11.8 Å². The van der Waals surface area contributed by atoms with Gasteiger partial charge in [0.15, 0.2) is 5.82 Å². The van der Waals surface area contributed by atoms with Crippen molar-refractivity contribution in [3.8, 4) is 11.4 Å². The zero-order valence-corrected chi connectivity index (χ0v) is 15.6. The highest BCUT2D eigenvalue weighted by Crippen LogP contribution is 2.26. The number of sulfonamides is 1. The molecule has 0 aliphatic rings. The van der Waals surface area contributed by atoms with E-state index in [1.165, 1.54) is 17.7 Å². The highest BCUT2D eigenvalue weighted by Gasteiger charge is 2.18. The monoisotopic (exact) mass is 392 g/mol. The Morgan fingerprint density at radius 3 is 2.77 bits per heavy atom. The first kappa shape index (κ1) is 18.0. The van der Waals surface area contributed by atoms with Crippen LogP contribution in [-0.4, -0.2) is 34.5 Å². The van der Waals surface area contributed by atoms with Crippen LogP contribution in [-0.2, 0) is 28.4 Å². The number of nitrogens with one attached hydrogen (secondary N) is 2. The number of amides is 1. The fourth-order valence-corrected chi connectivity index (χ4v) is 4.56. The van der Waals surface area contributed by atoms with Crippen LogP contribution in [0.4, 0.5) is 5.69 Å². The third-order valence-electron chi connectivity index (χ3n) is 3.41. The van der Waals surface area contributed by atoms with Gasteiger partial charge in [-0.25, -0.2) is 13.1 Å². The average Bonchev–Trinajstić information content (AvgIpc) is 3.22. The molecule has 0 aliphatic heterocycles. The van der Waals surface area contributed by atoms with E-state index in [2.05, 4.69) is 25.6 Å². The molecular weight excluding hydrogens is 376 g/mol. The first-order valence-corrected chi connectivity index (χ1v) is 9.84. The normalized spacial score (nSPS) is 11.3. The maximum absolute atomic E-state index is 12.6. The molecule has 11 heteroatoms. The summed E-state index contributed by atoms with van der Waals surface area (Å²) in [5.41, 5.74) is 1.09. The molecule has 2 heterocycles. The van der Waals surface area contributed by atoms with Gasteiger partial charge in [-0.3, -0.25) is 9.52 Å². The lowest BCUT2D eigenvalue weighted by atomic mass is 10.2. The quantitative estimate of drug-likeness (QED) is 0.654. The Bertz CT molecular complexity index is 1040. The van der Waals surface area contributed by atoms with Crippen LogP contribution in [0.25, 0.3) is 11.4 Å². The molecule has 0 fully saturated rings. The molecule has 2 aromatic heterocycles.